The van der Waals surface area contributed by atoms with Crippen LogP contribution < -0.4 is 10.1 Å². The topological polar surface area (TPSA) is 75.7 Å². The highest BCUT2D eigenvalue weighted by molar-refractivity contribution is 7.89. The van der Waals surface area contributed by atoms with Crippen LogP contribution in [0.15, 0.2) is 83.8 Å². The predicted octanol–water partition coefficient (Wildman–Crippen LogP) is 4.22. The van der Waals surface area contributed by atoms with Crippen molar-refractivity contribution in [2.75, 3.05) is 12.4 Å². The minimum atomic E-state index is -3.65. The van der Waals surface area contributed by atoms with Gasteiger partial charge in [-0.3, -0.25) is 4.79 Å². The molecule has 0 spiro atoms. The average molecular weight is 439 g/mol. The molecule has 3 aromatic rings. The molecular weight excluding hydrogens is 412 g/mol. The summed E-state index contributed by atoms with van der Waals surface area (Å²) in [4.78, 5) is 12.6. The lowest BCUT2D eigenvalue weighted by molar-refractivity contribution is -0.122. The zero-order chi connectivity index (χ0) is 22.4. The number of carbonyl (C=O) groups is 1. The first-order chi connectivity index (χ1) is 14.8. The van der Waals surface area contributed by atoms with Crippen LogP contribution >= 0.6 is 0 Å². The smallest absolute Gasteiger partial charge is 0.265 e. The van der Waals surface area contributed by atoms with E-state index in [1.807, 2.05) is 55.5 Å². The summed E-state index contributed by atoms with van der Waals surface area (Å²) < 4.78 is 32.6. The zero-order valence-corrected chi connectivity index (χ0v) is 18.6. The molecule has 0 bridgehead atoms. The molecule has 0 aliphatic heterocycles. The van der Waals surface area contributed by atoms with E-state index in [4.69, 9.17) is 4.74 Å². The third kappa shape index (κ3) is 5.93. The highest BCUT2D eigenvalue weighted by Gasteiger charge is 2.21. The van der Waals surface area contributed by atoms with E-state index in [0.717, 1.165) is 11.1 Å². The van der Waals surface area contributed by atoms with Gasteiger partial charge in [0.2, 0.25) is 10.0 Å². The van der Waals surface area contributed by atoms with E-state index in [1.54, 1.807) is 32.2 Å². The second-order valence-corrected chi connectivity index (χ2v) is 9.38. The summed E-state index contributed by atoms with van der Waals surface area (Å²) in [5.74, 6) is 0.295. The van der Waals surface area contributed by atoms with Crippen molar-refractivity contribution >= 4 is 21.6 Å². The van der Waals surface area contributed by atoms with E-state index in [2.05, 4.69) is 5.32 Å². The summed E-state index contributed by atoms with van der Waals surface area (Å²) in [5, 5.41) is 2.75. The Bertz CT molecular complexity index is 1130. The molecule has 0 heterocycles. The van der Waals surface area contributed by atoms with Crippen LogP contribution in [0.1, 0.15) is 18.1 Å². The van der Waals surface area contributed by atoms with Gasteiger partial charge in [-0.2, -0.15) is 4.31 Å². The molecule has 0 saturated carbocycles. The van der Waals surface area contributed by atoms with Crippen LogP contribution in [-0.2, 0) is 21.4 Å². The molecule has 7 heteroatoms. The molecule has 1 unspecified atom stereocenters. The Labute approximate surface area is 183 Å². The van der Waals surface area contributed by atoms with E-state index in [9.17, 15) is 13.2 Å². The second-order valence-electron chi connectivity index (χ2n) is 7.34. The molecule has 0 saturated heterocycles. The normalized spacial score (nSPS) is 12.4. The maximum absolute atomic E-state index is 12.8. The molecule has 0 radical (unpaired) electrons. The Kier molecular flexibility index (Phi) is 7.09. The van der Waals surface area contributed by atoms with Crippen LogP contribution in [0.3, 0.4) is 0 Å². The summed E-state index contributed by atoms with van der Waals surface area (Å²) in [6.45, 7) is 3.88. The van der Waals surface area contributed by atoms with Crippen LogP contribution in [0.2, 0.25) is 0 Å². The number of rotatable bonds is 8. The number of hydrogen-bond acceptors (Lipinski definition) is 4. The van der Waals surface area contributed by atoms with Crippen LogP contribution in [0.4, 0.5) is 5.69 Å². The fourth-order valence-electron chi connectivity index (χ4n) is 3.01. The van der Waals surface area contributed by atoms with Crippen molar-refractivity contribution in [3.05, 3.63) is 90.0 Å². The molecule has 0 fully saturated rings. The number of aryl methyl sites for hydroxylation is 1. The van der Waals surface area contributed by atoms with Crippen molar-refractivity contribution in [1.82, 2.24) is 4.31 Å². The van der Waals surface area contributed by atoms with Crippen LogP contribution in [0, 0.1) is 6.92 Å². The first-order valence-corrected chi connectivity index (χ1v) is 11.3. The van der Waals surface area contributed by atoms with E-state index in [1.165, 1.54) is 16.4 Å². The molecule has 162 valence electrons. The third-order valence-corrected chi connectivity index (χ3v) is 6.57. The first kappa shape index (κ1) is 22.5. The predicted molar refractivity (Wildman–Crippen MR) is 121 cm³/mol. The fraction of sp³-hybridized carbons (Fsp3) is 0.208. The van der Waals surface area contributed by atoms with Gasteiger partial charge >= 0.3 is 0 Å². The minimum Gasteiger partial charge on any atom is -0.481 e. The Morgan fingerprint density at radius 1 is 1.00 bits per heavy atom. The van der Waals surface area contributed by atoms with Crippen LogP contribution in [-0.4, -0.2) is 31.8 Å². The van der Waals surface area contributed by atoms with E-state index < -0.39 is 16.1 Å². The van der Waals surface area contributed by atoms with Gasteiger partial charge in [0.1, 0.15) is 5.75 Å². The van der Waals surface area contributed by atoms with Gasteiger partial charge in [0.05, 0.1) is 4.90 Å². The summed E-state index contributed by atoms with van der Waals surface area (Å²) in [5.41, 5.74) is 2.44. The molecule has 0 aromatic heterocycles. The monoisotopic (exact) mass is 438 g/mol. The highest BCUT2D eigenvalue weighted by atomic mass is 32.2. The van der Waals surface area contributed by atoms with Gasteiger partial charge in [0.25, 0.3) is 5.91 Å². The molecule has 6 nitrogen and oxygen atoms in total. The summed E-state index contributed by atoms with van der Waals surface area (Å²) in [7, 11) is -2.10. The number of carbonyl (C=O) groups excluding carboxylic acids is 1. The number of ether oxygens (including phenoxy) is 1. The average Bonchev–Trinajstić information content (AvgIpc) is 2.74. The van der Waals surface area contributed by atoms with Gasteiger partial charge in [-0.1, -0.05) is 42.5 Å². The number of benzene rings is 3. The van der Waals surface area contributed by atoms with Gasteiger partial charge in [-0.15, -0.1) is 0 Å². The Balaban J connectivity index is 1.63. The number of anilines is 1. The molecule has 1 N–H and O–H groups in total. The quantitative estimate of drug-likeness (QED) is 0.571. The van der Waals surface area contributed by atoms with E-state index in [0.29, 0.717) is 11.4 Å². The molecule has 31 heavy (non-hydrogen) atoms. The van der Waals surface area contributed by atoms with Crippen LogP contribution in [0.5, 0.6) is 5.75 Å². The standard InChI is InChI=1S/C24H26N2O4S/c1-18-8-7-11-22(16-18)30-19(2)24(27)25-21-12-14-23(15-13-21)31(28,29)26(3)17-20-9-5-4-6-10-20/h4-16,19H,17H2,1-3H3,(H,25,27). The number of nitrogens with one attached hydrogen (secondary N) is 1. The molecule has 1 atom stereocenters. The van der Waals surface area contributed by atoms with Crippen molar-refractivity contribution in [2.45, 2.75) is 31.4 Å². The van der Waals surface area contributed by atoms with Gasteiger partial charge < -0.3 is 10.1 Å². The largest absolute Gasteiger partial charge is 0.481 e. The van der Waals surface area contributed by atoms with Crippen molar-refractivity contribution in [2.24, 2.45) is 0 Å². The molecule has 0 aliphatic rings. The number of hydrogen-bond donors (Lipinski definition) is 1. The second kappa shape index (κ2) is 9.76. The Hall–Kier alpha value is -3.16. The van der Waals surface area contributed by atoms with Crippen molar-refractivity contribution in [1.29, 1.82) is 0 Å². The fourth-order valence-corrected chi connectivity index (χ4v) is 4.16. The van der Waals surface area contributed by atoms with Gasteiger partial charge in [0.15, 0.2) is 6.10 Å². The summed E-state index contributed by atoms with van der Waals surface area (Å²) in [6.07, 6.45) is -0.706. The zero-order valence-electron chi connectivity index (χ0n) is 17.8. The number of amides is 1. The lowest BCUT2D eigenvalue weighted by Gasteiger charge is -2.18. The maximum Gasteiger partial charge on any atom is 0.265 e. The molecule has 1 amide bonds. The van der Waals surface area contributed by atoms with E-state index >= 15 is 0 Å². The first-order valence-electron chi connectivity index (χ1n) is 9.90. The highest BCUT2D eigenvalue weighted by Crippen LogP contribution is 2.20. The summed E-state index contributed by atoms with van der Waals surface area (Å²) in [6, 6.07) is 23.0. The molecule has 3 aromatic carbocycles. The van der Waals surface area contributed by atoms with Crippen molar-refractivity contribution in [3.8, 4) is 5.75 Å². The molecular formula is C24H26N2O4S. The third-order valence-electron chi connectivity index (χ3n) is 4.75. The van der Waals surface area contributed by atoms with Crippen LogP contribution in [0.25, 0.3) is 0 Å². The SMILES string of the molecule is Cc1cccc(OC(C)C(=O)Nc2ccc(S(=O)(=O)N(C)Cc3ccccc3)cc2)c1. The number of sulfonamides is 1. The summed E-state index contributed by atoms with van der Waals surface area (Å²) >= 11 is 0. The molecule has 0 aliphatic carbocycles. The van der Waals surface area contributed by atoms with Crippen molar-refractivity contribution in [3.63, 3.8) is 0 Å². The molecule has 3 rings (SSSR count). The van der Waals surface area contributed by atoms with Gasteiger partial charge in [-0.25, -0.2) is 8.42 Å². The minimum absolute atomic E-state index is 0.160. The van der Waals surface area contributed by atoms with E-state index in [-0.39, 0.29) is 17.3 Å². The lowest BCUT2D eigenvalue weighted by atomic mass is 10.2. The lowest BCUT2D eigenvalue weighted by Crippen LogP contribution is -2.30. The number of nitrogens with zero attached hydrogens (tertiary/aromatic N) is 1. The van der Waals surface area contributed by atoms with Gasteiger partial charge in [-0.05, 0) is 61.4 Å². The van der Waals surface area contributed by atoms with Gasteiger partial charge in [0, 0.05) is 19.3 Å². The Morgan fingerprint density at radius 2 is 1.68 bits per heavy atom. The maximum atomic E-state index is 12.8. The Morgan fingerprint density at radius 3 is 2.32 bits per heavy atom. The van der Waals surface area contributed by atoms with Crippen molar-refractivity contribution < 1.29 is 17.9 Å².